The van der Waals surface area contributed by atoms with Crippen molar-refractivity contribution in [1.82, 2.24) is 15.2 Å². The number of hydrogen-bond donors (Lipinski definition) is 1. The predicted octanol–water partition coefficient (Wildman–Crippen LogP) is 2.72. The van der Waals surface area contributed by atoms with Gasteiger partial charge in [-0.2, -0.15) is 0 Å². The molecule has 2 aliphatic heterocycles. The molecular weight excluding hydrogens is 380 g/mol. The van der Waals surface area contributed by atoms with Gasteiger partial charge in [0.05, 0.1) is 13.2 Å². The molecule has 0 aliphatic carbocycles. The van der Waals surface area contributed by atoms with Gasteiger partial charge >= 0.3 is 6.03 Å². The van der Waals surface area contributed by atoms with Gasteiger partial charge in [0.15, 0.2) is 5.78 Å². The number of ketones is 1. The number of Topliss-reactive ketones (excluding diaryl/α,β-unsaturated/α-hetero) is 1. The van der Waals surface area contributed by atoms with Crippen LogP contribution in [0.3, 0.4) is 0 Å². The minimum atomic E-state index is -0.0784. The molecule has 1 aromatic carbocycles. The van der Waals surface area contributed by atoms with Crippen molar-refractivity contribution in [2.45, 2.75) is 19.4 Å². The molecule has 30 heavy (non-hydrogen) atoms. The first-order chi connectivity index (χ1) is 14.7. The second-order valence-corrected chi connectivity index (χ2v) is 7.77. The minimum Gasteiger partial charge on any atom is -0.378 e. The number of aromatic nitrogens is 1. The average Bonchev–Trinajstić information content (AvgIpc) is 2.83. The van der Waals surface area contributed by atoms with E-state index >= 15 is 0 Å². The Bertz CT molecular complexity index is 860. The molecule has 0 spiro atoms. The second-order valence-electron chi connectivity index (χ2n) is 7.77. The molecule has 7 nitrogen and oxygen atoms in total. The molecular formula is C23H28N4O3. The highest BCUT2D eigenvalue weighted by atomic mass is 16.5. The Hall–Kier alpha value is -2.93. The Morgan fingerprint density at radius 3 is 2.50 bits per heavy atom. The van der Waals surface area contributed by atoms with E-state index in [1.165, 1.54) is 0 Å². The predicted molar refractivity (Wildman–Crippen MR) is 115 cm³/mol. The van der Waals surface area contributed by atoms with Crippen LogP contribution in [0.15, 0.2) is 48.7 Å². The number of hydrogen-bond acceptors (Lipinski definition) is 5. The van der Waals surface area contributed by atoms with Crippen molar-refractivity contribution in [2.24, 2.45) is 5.92 Å². The van der Waals surface area contributed by atoms with E-state index in [2.05, 4.69) is 15.2 Å². The smallest absolute Gasteiger partial charge is 0.317 e. The van der Waals surface area contributed by atoms with E-state index in [0.717, 1.165) is 30.0 Å². The molecule has 2 saturated heterocycles. The highest BCUT2D eigenvalue weighted by Gasteiger charge is 2.27. The third-order valence-corrected chi connectivity index (χ3v) is 5.80. The molecule has 0 radical (unpaired) electrons. The highest BCUT2D eigenvalue weighted by Crippen LogP contribution is 2.22. The SMILES string of the molecule is O=C(c1ccccc1)C1CCN(C(=O)NCc2ccnc(N3CCOCC3)c2)CC1. The van der Waals surface area contributed by atoms with Crippen LogP contribution < -0.4 is 10.2 Å². The number of carbonyl (C=O) groups is 2. The Morgan fingerprint density at radius 1 is 1.03 bits per heavy atom. The topological polar surface area (TPSA) is 74.8 Å². The van der Waals surface area contributed by atoms with Crippen molar-refractivity contribution in [3.05, 3.63) is 59.8 Å². The number of benzene rings is 1. The van der Waals surface area contributed by atoms with Crippen LogP contribution in [-0.4, -0.2) is 61.1 Å². The molecule has 2 aromatic rings. The zero-order valence-corrected chi connectivity index (χ0v) is 17.1. The van der Waals surface area contributed by atoms with E-state index in [9.17, 15) is 9.59 Å². The van der Waals surface area contributed by atoms with Crippen molar-refractivity contribution in [2.75, 3.05) is 44.3 Å². The Labute approximate surface area is 177 Å². The van der Waals surface area contributed by atoms with Crippen molar-refractivity contribution in [1.29, 1.82) is 0 Å². The van der Waals surface area contributed by atoms with Gasteiger partial charge in [0.1, 0.15) is 5.82 Å². The number of likely N-dealkylation sites (tertiary alicyclic amines) is 1. The fraction of sp³-hybridized carbons (Fsp3) is 0.435. The first kappa shape index (κ1) is 20.3. The molecule has 0 bridgehead atoms. The summed E-state index contributed by atoms with van der Waals surface area (Å²) in [5.41, 5.74) is 1.78. The highest BCUT2D eigenvalue weighted by molar-refractivity contribution is 5.98. The summed E-state index contributed by atoms with van der Waals surface area (Å²) >= 11 is 0. The fourth-order valence-corrected chi connectivity index (χ4v) is 4.01. The van der Waals surface area contributed by atoms with Gasteiger partial charge in [-0.3, -0.25) is 4.79 Å². The lowest BCUT2D eigenvalue weighted by Crippen LogP contribution is -2.45. The van der Waals surface area contributed by atoms with Crippen molar-refractivity contribution in [3.8, 4) is 0 Å². The average molecular weight is 409 g/mol. The van der Waals surface area contributed by atoms with Crippen LogP contribution in [0, 0.1) is 5.92 Å². The van der Waals surface area contributed by atoms with E-state index in [1.54, 1.807) is 11.1 Å². The number of carbonyl (C=O) groups excluding carboxylic acids is 2. The van der Waals surface area contributed by atoms with Crippen molar-refractivity contribution >= 4 is 17.6 Å². The van der Waals surface area contributed by atoms with Gasteiger partial charge in [-0.25, -0.2) is 9.78 Å². The van der Waals surface area contributed by atoms with Crippen LogP contribution in [0.5, 0.6) is 0 Å². The number of nitrogens with one attached hydrogen (secondary N) is 1. The fourth-order valence-electron chi connectivity index (χ4n) is 4.01. The molecule has 4 rings (SSSR count). The normalized spacial score (nSPS) is 17.6. The molecule has 0 atom stereocenters. The summed E-state index contributed by atoms with van der Waals surface area (Å²) in [6.45, 7) is 4.76. The Balaban J connectivity index is 1.26. The van der Waals surface area contributed by atoms with E-state index in [1.807, 2.05) is 42.5 Å². The number of amides is 2. The van der Waals surface area contributed by atoms with Gasteiger partial charge in [0, 0.05) is 50.4 Å². The molecule has 3 heterocycles. The number of nitrogens with zero attached hydrogens (tertiary/aromatic N) is 3. The Morgan fingerprint density at radius 2 is 1.77 bits per heavy atom. The van der Waals surface area contributed by atoms with Crippen LogP contribution in [0.25, 0.3) is 0 Å². The van der Waals surface area contributed by atoms with Gasteiger partial charge in [0.2, 0.25) is 0 Å². The quantitative estimate of drug-likeness (QED) is 0.770. The summed E-state index contributed by atoms with van der Waals surface area (Å²) in [5, 5.41) is 3.01. The largest absolute Gasteiger partial charge is 0.378 e. The molecule has 0 unspecified atom stereocenters. The summed E-state index contributed by atoms with van der Waals surface area (Å²) in [7, 11) is 0. The van der Waals surface area contributed by atoms with Gasteiger partial charge in [0.25, 0.3) is 0 Å². The van der Waals surface area contributed by atoms with Crippen LogP contribution >= 0.6 is 0 Å². The zero-order chi connectivity index (χ0) is 20.8. The first-order valence-corrected chi connectivity index (χ1v) is 10.6. The van der Waals surface area contributed by atoms with E-state index < -0.39 is 0 Å². The summed E-state index contributed by atoms with van der Waals surface area (Å²) in [6, 6.07) is 13.3. The van der Waals surface area contributed by atoms with E-state index in [0.29, 0.717) is 45.7 Å². The summed E-state index contributed by atoms with van der Waals surface area (Å²) in [5.74, 6) is 1.10. The molecule has 1 N–H and O–H groups in total. The lowest BCUT2D eigenvalue weighted by molar-refractivity contribution is 0.0854. The lowest BCUT2D eigenvalue weighted by atomic mass is 9.89. The standard InChI is InChI=1S/C23H28N4O3/c28-22(19-4-2-1-3-5-19)20-7-10-27(11-8-20)23(29)25-17-18-6-9-24-21(16-18)26-12-14-30-15-13-26/h1-6,9,16,20H,7-8,10-15,17H2,(H,25,29). The molecule has 2 amide bonds. The summed E-state index contributed by atoms with van der Waals surface area (Å²) in [6.07, 6.45) is 3.20. The monoisotopic (exact) mass is 408 g/mol. The van der Waals surface area contributed by atoms with Gasteiger partial charge < -0.3 is 19.9 Å². The third kappa shape index (κ3) is 4.97. The van der Waals surface area contributed by atoms with Crippen molar-refractivity contribution < 1.29 is 14.3 Å². The molecule has 158 valence electrons. The van der Waals surface area contributed by atoms with Gasteiger partial charge in [-0.1, -0.05) is 30.3 Å². The van der Waals surface area contributed by atoms with Gasteiger partial charge in [-0.05, 0) is 30.5 Å². The summed E-state index contributed by atoms with van der Waals surface area (Å²) < 4.78 is 5.39. The number of pyridine rings is 1. The number of morpholine rings is 1. The van der Waals surface area contributed by atoms with Crippen LogP contribution in [-0.2, 0) is 11.3 Å². The van der Waals surface area contributed by atoms with Gasteiger partial charge in [-0.15, -0.1) is 0 Å². The summed E-state index contributed by atoms with van der Waals surface area (Å²) in [4.78, 5) is 33.7. The Kier molecular flexibility index (Phi) is 6.59. The number of piperidine rings is 1. The lowest BCUT2D eigenvalue weighted by Gasteiger charge is -2.31. The number of urea groups is 1. The van der Waals surface area contributed by atoms with E-state index in [4.69, 9.17) is 4.74 Å². The molecule has 2 fully saturated rings. The van der Waals surface area contributed by atoms with Crippen LogP contribution in [0.1, 0.15) is 28.8 Å². The van der Waals surface area contributed by atoms with E-state index in [-0.39, 0.29) is 17.7 Å². The number of rotatable bonds is 5. The molecule has 2 aliphatic rings. The third-order valence-electron chi connectivity index (χ3n) is 5.80. The molecule has 7 heteroatoms. The maximum atomic E-state index is 12.6. The first-order valence-electron chi connectivity index (χ1n) is 10.6. The maximum absolute atomic E-state index is 12.6. The maximum Gasteiger partial charge on any atom is 0.317 e. The van der Waals surface area contributed by atoms with Crippen LogP contribution in [0.2, 0.25) is 0 Å². The van der Waals surface area contributed by atoms with Crippen molar-refractivity contribution in [3.63, 3.8) is 0 Å². The number of ether oxygens (including phenoxy) is 1. The molecule has 0 saturated carbocycles. The molecule has 1 aromatic heterocycles. The minimum absolute atomic E-state index is 0.00673. The number of anilines is 1. The second kappa shape index (κ2) is 9.71. The zero-order valence-electron chi connectivity index (χ0n) is 17.1. The van der Waals surface area contributed by atoms with Crippen LogP contribution in [0.4, 0.5) is 10.6 Å².